The molecule has 6 heteroatoms. The van der Waals surface area contributed by atoms with Crippen LogP contribution in [-0.2, 0) is 6.54 Å². The summed E-state index contributed by atoms with van der Waals surface area (Å²) in [7, 11) is 0. The molecular formula is C19H23FN2O3. The van der Waals surface area contributed by atoms with Crippen LogP contribution in [-0.4, -0.2) is 24.3 Å². The first-order valence-electron chi connectivity index (χ1n) is 8.26. The van der Waals surface area contributed by atoms with Gasteiger partial charge < -0.3 is 20.5 Å². The lowest BCUT2D eigenvalue weighted by Crippen LogP contribution is -2.36. The maximum atomic E-state index is 13.7. The van der Waals surface area contributed by atoms with Crippen LogP contribution in [0.5, 0.6) is 5.75 Å². The molecule has 0 heterocycles. The van der Waals surface area contributed by atoms with E-state index in [-0.39, 0.29) is 18.3 Å². The van der Waals surface area contributed by atoms with E-state index in [4.69, 9.17) is 4.74 Å². The number of ether oxygens (including phenoxy) is 1. The van der Waals surface area contributed by atoms with Crippen molar-refractivity contribution in [2.45, 2.75) is 26.0 Å². The zero-order chi connectivity index (χ0) is 18.1. The van der Waals surface area contributed by atoms with Gasteiger partial charge in [-0.1, -0.05) is 36.4 Å². The molecule has 0 spiro atoms. The molecule has 5 nitrogen and oxygen atoms in total. The lowest BCUT2D eigenvalue weighted by Gasteiger charge is -2.12. The van der Waals surface area contributed by atoms with Crippen LogP contribution in [0.3, 0.4) is 0 Å². The fourth-order valence-electron chi connectivity index (χ4n) is 2.34. The highest BCUT2D eigenvalue weighted by Crippen LogP contribution is 2.18. The number of aliphatic hydroxyl groups is 1. The van der Waals surface area contributed by atoms with Gasteiger partial charge in [-0.2, -0.15) is 0 Å². The van der Waals surface area contributed by atoms with Crippen LogP contribution in [0, 0.1) is 5.82 Å². The molecule has 3 N–H and O–H groups in total. The smallest absolute Gasteiger partial charge is 0.315 e. The molecule has 2 rings (SSSR count). The van der Waals surface area contributed by atoms with Gasteiger partial charge >= 0.3 is 6.03 Å². The number of hydrogen-bond donors (Lipinski definition) is 3. The largest absolute Gasteiger partial charge is 0.491 e. The standard InChI is InChI=1S/C19H23FN2O3/c1-2-25-18-9-8-14(12-16(18)20)13-22-19(24)21-11-10-17(23)15-6-4-3-5-7-15/h3-9,12,17,23H,2,10-11,13H2,1H3,(H2,21,22,24). The van der Waals surface area contributed by atoms with E-state index in [9.17, 15) is 14.3 Å². The van der Waals surface area contributed by atoms with E-state index in [0.29, 0.717) is 25.1 Å². The summed E-state index contributed by atoms with van der Waals surface area (Å²) in [6.45, 7) is 2.72. The highest BCUT2D eigenvalue weighted by molar-refractivity contribution is 5.73. The zero-order valence-corrected chi connectivity index (χ0v) is 14.2. The minimum Gasteiger partial charge on any atom is -0.491 e. The third-order valence-corrected chi connectivity index (χ3v) is 3.64. The Balaban J connectivity index is 1.71. The van der Waals surface area contributed by atoms with E-state index in [1.165, 1.54) is 6.07 Å². The van der Waals surface area contributed by atoms with Crippen molar-refractivity contribution in [2.24, 2.45) is 0 Å². The maximum absolute atomic E-state index is 13.7. The summed E-state index contributed by atoms with van der Waals surface area (Å²) in [6, 6.07) is 13.5. The van der Waals surface area contributed by atoms with Crippen molar-refractivity contribution < 1.29 is 19.0 Å². The molecule has 0 aliphatic carbocycles. The monoisotopic (exact) mass is 346 g/mol. The molecule has 134 valence electrons. The van der Waals surface area contributed by atoms with Crippen LogP contribution in [0.4, 0.5) is 9.18 Å². The molecule has 0 aliphatic rings. The average molecular weight is 346 g/mol. The molecule has 2 aromatic carbocycles. The first-order valence-corrected chi connectivity index (χ1v) is 8.26. The highest BCUT2D eigenvalue weighted by Gasteiger charge is 2.08. The lowest BCUT2D eigenvalue weighted by atomic mass is 10.1. The van der Waals surface area contributed by atoms with Gasteiger partial charge in [-0.15, -0.1) is 0 Å². The first kappa shape index (κ1) is 18.7. The molecule has 0 saturated carbocycles. The number of carbonyl (C=O) groups excluding carboxylic acids is 1. The number of aliphatic hydroxyl groups excluding tert-OH is 1. The zero-order valence-electron chi connectivity index (χ0n) is 14.2. The topological polar surface area (TPSA) is 70.6 Å². The van der Waals surface area contributed by atoms with Crippen LogP contribution in [0.2, 0.25) is 0 Å². The van der Waals surface area contributed by atoms with Crippen LogP contribution in [0.15, 0.2) is 48.5 Å². The fraction of sp³-hybridized carbons (Fsp3) is 0.316. The van der Waals surface area contributed by atoms with Gasteiger partial charge in [0, 0.05) is 13.1 Å². The molecule has 0 aromatic heterocycles. The summed E-state index contributed by atoms with van der Waals surface area (Å²) in [5.74, 6) is -0.252. The molecule has 25 heavy (non-hydrogen) atoms. The third kappa shape index (κ3) is 6.08. The van der Waals surface area contributed by atoms with Crippen LogP contribution >= 0.6 is 0 Å². The summed E-state index contributed by atoms with van der Waals surface area (Å²) in [5, 5.41) is 15.3. The molecule has 0 aliphatic heterocycles. The second kappa shape index (κ2) is 9.64. The summed E-state index contributed by atoms with van der Waals surface area (Å²) in [4.78, 5) is 11.8. The van der Waals surface area contributed by atoms with Gasteiger partial charge in [0.25, 0.3) is 0 Å². The molecule has 2 aromatic rings. The number of urea groups is 1. The van der Waals surface area contributed by atoms with Crippen LogP contribution in [0.25, 0.3) is 0 Å². The molecule has 2 amide bonds. The van der Waals surface area contributed by atoms with Gasteiger partial charge in [0.15, 0.2) is 11.6 Å². The number of halogens is 1. The van der Waals surface area contributed by atoms with Gasteiger partial charge in [0.1, 0.15) is 0 Å². The number of benzene rings is 2. The normalized spacial score (nSPS) is 11.6. The molecule has 0 fully saturated rings. The summed E-state index contributed by atoms with van der Waals surface area (Å²) >= 11 is 0. The van der Waals surface area contributed by atoms with Gasteiger partial charge in [-0.05, 0) is 36.6 Å². The fourth-order valence-corrected chi connectivity index (χ4v) is 2.34. The molecule has 0 bridgehead atoms. The van der Waals surface area contributed by atoms with E-state index in [1.807, 2.05) is 30.3 Å². The number of hydrogen-bond acceptors (Lipinski definition) is 3. The second-order valence-electron chi connectivity index (χ2n) is 5.52. The molecule has 1 unspecified atom stereocenters. The number of rotatable bonds is 8. The van der Waals surface area contributed by atoms with E-state index < -0.39 is 11.9 Å². The SMILES string of the molecule is CCOc1ccc(CNC(=O)NCCC(O)c2ccccc2)cc1F. The van der Waals surface area contributed by atoms with Gasteiger partial charge in [-0.25, -0.2) is 9.18 Å². The van der Waals surface area contributed by atoms with E-state index in [1.54, 1.807) is 19.1 Å². The molecule has 0 saturated heterocycles. The van der Waals surface area contributed by atoms with Crippen molar-refractivity contribution in [3.05, 3.63) is 65.5 Å². The summed E-state index contributed by atoms with van der Waals surface area (Å²) in [6.07, 6.45) is -0.212. The Morgan fingerprint density at radius 3 is 2.64 bits per heavy atom. The van der Waals surface area contributed by atoms with Crippen molar-refractivity contribution in [3.8, 4) is 5.75 Å². The summed E-state index contributed by atoms with van der Waals surface area (Å²) < 4.78 is 18.9. The number of carbonyl (C=O) groups is 1. The Morgan fingerprint density at radius 1 is 1.20 bits per heavy atom. The van der Waals surface area contributed by atoms with Crippen molar-refractivity contribution >= 4 is 6.03 Å². The predicted molar refractivity (Wildman–Crippen MR) is 93.8 cm³/mol. The lowest BCUT2D eigenvalue weighted by molar-refractivity contribution is 0.167. The van der Waals surface area contributed by atoms with E-state index in [0.717, 1.165) is 5.56 Å². The average Bonchev–Trinajstić information content (AvgIpc) is 2.63. The summed E-state index contributed by atoms with van der Waals surface area (Å²) in [5.41, 5.74) is 1.45. The Labute approximate surface area is 146 Å². The molecule has 1 atom stereocenters. The van der Waals surface area contributed by atoms with Crippen molar-refractivity contribution in [3.63, 3.8) is 0 Å². The maximum Gasteiger partial charge on any atom is 0.315 e. The Morgan fingerprint density at radius 2 is 1.96 bits per heavy atom. The van der Waals surface area contributed by atoms with Crippen LogP contribution < -0.4 is 15.4 Å². The van der Waals surface area contributed by atoms with Gasteiger partial charge in [-0.3, -0.25) is 0 Å². The Kier molecular flexibility index (Phi) is 7.22. The minimum atomic E-state index is -0.623. The second-order valence-corrected chi connectivity index (χ2v) is 5.52. The molecule has 0 radical (unpaired) electrons. The Hall–Kier alpha value is -2.60. The van der Waals surface area contributed by atoms with Crippen molar-refractivity contribution in [1.29, 1.82) is 0 Å². The van der Waals surface area contributed by atoms with Crippen molar-refractivity contribution in [2.75, 3.05) is 13.2 Å². The minimum absolute atomic E-state index is 0.200. The third-order valence-electron chi connectivity index (χ3n) is 3.64. The number of nitrogens with one attached hydrogen (secondary N) is 2. The van der Waals surface area contributed by atoms with Gasteiger partial charge in [0.2, 0.25) is 0 Å². The van der Waals surface area contributed by atoms with Crippen LogP contribution in [0.1, 0.15) is 30.6 Å². The Bertz CT molecular complexity index is 680. The predicted octanol–water partition coefficient (Wildman–Crippen LogP) is 3.15. The first-order chi connectivity index (χ1) is 12.1. The quantitative estimate of drug-likeness (QED) is 0.688. The highest BCUT2D eigenvalue weighted by atomic mass is 19.1. The number of amides is 2. The molecular weight excluding hydrogens is 323 g/mol. The van der Waals surface area contributed by atoms with Gasteiger partial charge in [0.05, 0.1) is 12.7 Å². The van der Waals surface area contributed by atoms with E-state index >= 15 is 0 Å². The van der Waals surface area contributed by atoms with E-state index in [2.05, 4.69) is 10.6 Å². The van der Waals surface area contributed by atoms with Crippen molar-refractivity contribution in [1.82, 2.24) is 10.6 Å².